The van der Waals surface area contributed by atoms with Crippen molar-refractivity contribution in [1.82, 2.24) is 0 Å². The quantitative estimate of drug-likeness (QED) is 0.693. The summed E-state index contributed by atoms with van der Waals surface area (Å²) in [4.78, 5) is 10.9. The van der Waals surface area contributed by atoms with E-state index in [0.717, 1.165) is 5.56 Å². The molecule has 4 heteroatoms. The first-order valence-electron chi connectivity index (χ1n) is 4.63. The fourth-order valence-corrected chi connectivity index (χ4v) is 1.25. The van der Waals surface area contributed by atoms with Gasteiger partial charge in [-0.2, -0.15) is 0 Å². The molecule has 0 aliphatic carbocycles. The Morgan fingerprint density at radius 2 is 1.93 bits per heavy atom. The summed E-state index contributed by atoms with van der Waals surface area (Å²) in [5.41, 5.74) is 0.855. The average molecular weight is 210 g/mol. The molecular weight excluding hydrogens is 196 g/mol. The summed E-state index contributed by atoms with van der Waals surface area (Å²) >= 11 is 0. The lowest BCUT2D eigenvalue weighted by molar-refractivity contribution is -0.156. The molecule has 0 saturated heterocycles. The highest BCUT2D eigenvalue weighted by Gasteiger charge is 2.24. The van der Waals surface area contributed by atoms with Crippen LogP contribution in [-0.4, -0.2) is 35.5 Å². The van der Waals surface area contributed by atoms with E-state index in [1.807, 2.05) is 30.3 Å². The van der Waals surface area contributed by atoms with Crippen molar-refractivity contribution < 1.29 is 19.7 Å². The number of rotatable bonds is 4. The summed E-state index contributed by atoms with van der Waals surface area (Å²) in [6.07, 6.45) is -2.41. The summed E-state index contributed by atoms with van der Waals surface area (Å²) in [5.74, 6) is -0.821. The van der Waals surface area contributed by atoms with E-state index < -0.39 is 18.2 Å². The van der Waals surface area contributed by atoms with E-state index >= 15 is 0 Å². The summed E-state index contributed by atoms with van der Waals surface area (Å²) in [5, 5.41) is 18.8. The van der Waals surface area contributed by atoms with Gasteiger partial charge in [0.25, 0.3) is 0 Å². The minimum Gasteiger partial charge on any atom is -0.467 e. The van der Waals surface area contributed by atoms with Crippen molar-refractivity contribution in [1.29, 1.82) is 0 Å². The van der Waals surface area contributed by atoms with Crippen molar-refractivity contribution >= 4 is 5.97 Å². The number of carbonyl (C=O) groups is 1. The zero-order valence-electron chi connectivity index (χ0n) is 8.46. The standard InChI is InChI=1S/C11H14O4/c1-15-11(14)10(13)9(12)7-8-5-3-2-4-6-8/h2-6,9-10,12-13H,7H2,1H3. The molecule has 1 aromatic carbocycles. The van der Waals surface area contributed by atoms with Crippen LogP contribution in [0.5, 0.6) is 0 Å². The fraction of sp³-hybridized carbons (Fsp3) is 0.364. The molecule has 0 bridgehead atoms. The van der Waals surface area contributed by atoms with Gasteiger partial charge in [-0.15, -0.1) is 0 Å². The predicted molar refractivity (Wildman–Crippen MR) is 54.2 cm³/mol. The normalized spacial score (nSPS) is 14.3. The van der Waals surface area contributed by atoms with Gasteiger partial charge in [0.05, 0.1) is 13.2 Å². The number of hydrogen-bond acceptors (Lipinski definition) is 4. The lowest BCUT2D eigenvalue weighted by atomic mass is 10.0. The topological polar surface area (TPSA) is 66.8 Å². The molecule has 1 aromatic rings. The van der Waals surface area contributed by atoms with Crippen LogP contribution >= 0.6 is 0 Å². The van der Waals surface area contributed by atoms with Crippen molar-refractivity contribution in [2.24, 2.45) is 0 Å². The smallest absolute Gasteiger partial charge is 0.337 e. The largest absolute Gasteiger partial charge is 0.467 e. The Hall–Kier alpha value is -1.39. The van der Waals surface area contributed by atoms with Crippen molar-refractivity contribution in [2.45, 2.75) is 18.6 Å². The first kappa shape index (κ1) is 11.7. The number of esters is 1. The molecule has 82 valence electrons. The highest BCUT2D eigenvalue weighted by atomic mass is 16.5. The molecule has 0 amide bonds. The first-order chi connectivity index (χ1) is 7.15. The molecule has 2 N–H and O–H groups in total. The third-order valence-electron chi connectivity index (χ3n) is 2.09. The zero-order valence-corrected chi connectivity index (χ0v) is 8.46. The maximum atomic E-state index is 10.9. The number of carbonyl (C=O) groups excluding carboxylic acids is 1. The van der Waals surface area contributed by atoms with Gasteiger partial charge >= 0.3 is 5.97 Å². The maximum absolute atomic E-state index is 10.9. The van der Waals surface area contributed by atoms with Gasteiger partial charge in [0.2, 0.25) is 0 Å². The van der Waals surface area contributed by atoms with E-state index in [4.69, 9.17) is 0 Å². The minimum atomic E-state index is -1.49. The Kier molecular flexibility index (Phi) is 4.27. The average Bonchev–Trinajstić information content (AvgIpc) is 2.28. The van der Waals surface area contributed by atoms with Gasteiger partial charge in [0.1, 0.15) is 0 Å². The van der Waals surface area contributed by atoms with Gasteiger partial charge < -0.3 is 14.9 Å². The summed E-state index contributed by atoms with van der Waals surface area (Å²) in [6.45, 7) is 0. The van der Waals surface area contributed by atoms with Crippen molar-refractivity contribution in [3.63, 3.8) is 0 Å². The third-order valence-corrected chi connectivity index (χ3v) is 2.09. The molecule has 0 saturated carbocycles. The van der Waals surface area contributed by atoms with Crippen LogP contribution in [0.2, 0.25) is 0 Å². The molecule has 1 rings (SSSR count). The van der Waals surface area contributed by atoms with Crippen LogP contribution in [0.1, 0.15) is 5.56 Å². The Bertz CT molecular complexity index is 310. The number of aliphatic hydroxyl groups is 2. The molecule has 0 spiro atoms. The van der Waals surface area contributed by atoms with E-state index in [0.29, 0.717) is 0 Å². The Morgan fingerprint density at radius 3 is 2.47 bits per heavy atom. The van der Waals surface area contributed by atoms with Gasteiger partial charge in [-0.05, 0) is 5.56 Å². The predicted octanol–water partition coefficient (Wildman–Crippen LogP) is 0.124. The van der Waals surface area contributed by atoms with Crippen molar-refractivity contribution in [3.8, 4) is 0 Å². The van der Waals surface area contributed by atoms with Crippen LogP contribution in [-0.2, 0) is 16.0 Å². The van der Waals surface area contributed by atoms with Gasteiger partial charge in [-0.3, -0.25) is 0 Å². The highest BCUT2D eigenvalue weighted by molar-refractivity contribution is 5.74. The third kappa shape index (κ3) is 3.34. The number of hydrogen-bond donors (Lipinski definition) is 2. The van der Waals surface area contributed by atoms with Crippen LogP contribution in [0.15, 0.2) is 30.3 Å². The Labute approximate surface area is 88.1 Å². The second-order valence-corrected chi connectivity index (χ2v) is 3.23. The molecule has 0 radical (unpaired) electrons. The first-order valence-corrected chi connectivity index (χ1v) is 4.63. The van der Waals surface area contributed by atoms with Gasteiger partial charge in [-0.25, -0.2) is 4.79 Å². The Morgan fingerprint density at radius 1 is 1.33 bits per heavy atom. The number of methoxy groups -OCH3 is 1. The number of aliphatic hydroxyl groups excluding tert-OH is 2. The number of benzene rings is 1. The van der Waals surface area contributed by atoms with Gasteiger partial charge in [-0.1, -0.05) is 30.3 Å². The molecule has 0 aliphatic heterocycles. The second-order valence-electron chi connectivity index (χ2n) is 3.23. The van der Waals surface area contributed by atoms with E-state index in [-0.39, 0.29) is 6.42 Å². The lowest BCUT2D eigenvalue weighted by Crippen LogP contribution is -2.36. The van der Waals surface area contributed by atoms with Crippen LogP contribution in [0.4, 0.5) is 0 Å². The summed E-state index contributed by atoms with van der Waals surface area (Å²) in [6, 6.07) is 9.13. The van der Waals surface area contributed by atoms with Crippen LogP contribution in [0, 0.1) is 0 Å². The van der Waals surface area contributed by atoms with Crippen LogP contribution in [0.25, 0.3) is 0 Å². The zero-order chi connectivity index (χ0) is 11.3. The minimum absolute atomic E-state index is 0.219. The SMILES string of the molecule is COC(=O)C(O)C(O)Cc1ccccc1. The number of ether oxygens (including phenoxy) is 1. The van der Waals surface area contributed by atoms with Crippen molar-refractivity contribution in [2.75, 3.05) is 7.11 Å². The lowest BCUT2D eigenvalue weighted by Gasteiger charge is -2.15. The summed E-state index contributed by atoms with van der Waals surface area (Å²) in [7, 11) is 1.17. The molecule has 0 aromatic heterocycles. The Balaban J connectivity index is 2.56. The van der Waals surface area contributed by atoms with Gasteiger partial charge in [0.15, 0.2) is 6.10 Å². The molecule has 15 heavy (non-hydrogen) atoms. The monoisotopic (exact) mass is 210 g/mol. The molecular formula is C11H14O4. The molecule has 0 fully saturated rings. The molecule has 2 atom stereocenters. The van der Waals surface area contributed by atoms with Gasteiger partial charge in [0, 0.05) is 6.42 Å². The molecule has 4 nitrogen and oxygen atoms in total. The van der Waals surface area contributed by atoms with E-state index in [2.05, 4.69) is 4.74 Å². The van der Waals surface area contributed by atoms with Crippen LogP contribution in [0.3, 0.4) is 0 Å². The van der Waals surface area contributed by atoms with E-state index in [9.17, 15) is 15.0 Å². The fourth-order valence-electron chi connectivity index (χ4n) is 1.25. The van der Waals surface area contributed by atoms with E-state index in [1.165, 1.54) is 7.11 Å². The molecule has 2 unspecified atom stereocenters. The highest BCUT2D eigenvalue weighted by Crippen LogP contribution is 2.06. The van der Waals surface area contributed by atoms with E-state index in [1.54, 1.807) is 0 Å². The van der Waals surface area contributed by atoms with Crippen molar-refractivity contribution in [3.05, 3.63) is 35.9 Å². The molecule has 0 aliphatic rings. The summed E-state index contributed by atoms with van der Waals surface area (Å²) < 4.78 is 4.32. The maximum Gasteiger partial charge on any atom is 0.337 e. The molecule has 0 heterocycles. The second kappa shape index (κ2) is 5.48. The van der Waals surface area contributed by atoms with Crippen LogP contribution < -0.4 is 0 Å².